The van der Waals surface area contributed by atoms with Gasteiger partial charge in [0.1, 0.15) is 0 Å². The molecule has 15 heavy (non-hydrogen) atoms. The second-order valence-electron chi connectivity index (χ2n) is 3.57. The number of carbonyl (C=O) groups is 1. The summed E-state index contributed by atoms with van der Waals surface area (Å²) in [6.45, 7) is 1.87. The number of hydrogen-bond donors (Lipinski definition) is 1. The van der Waals surface area contributed by atoms with Crippen molar-refractivity contribution in [2.45, 2.75) is 0 Å². The summed E-state index contributed by atoms with van der Waals surface area (Å²) in [4.78, 5) is 13.5. The number of esters is 1. The Hall–Kier alpha value is -1.71. The third kappa shape index (κ3) is 1.75. The number of benzene rings is 1. The second kappa shape index (κ2) is 3.81. The van der Waals surface area contributed by atoms with Crippen molar-refractivity contribution in [2.24, 2.45) is 0 Å². The summed E-state index contributed by atoms with van der Waals surface area (Å²) >= 11 is 0. The molecule has 1 aliphatic rings. The minimum Gasteiger partial charge on any atom is -0.465 e. The van der Waals surface area contributed by atoms with Gasteiger partial charge in [0.2, 0.25) is 0 Å². The highest BCUT2D eigenvalue weighted by Crippen LogP contribution is 2.28. The van der Waals surface area contributed by atoms with Crippen molar-refractivity contribution >= 4 is 17.3 Å². The summed E-state index contributed by atoms with van der Waals surface area (Å²) in [6.07, 6.45) is 0. The lowest BCUT2D eigenvalue weighted by Gasteiger charge is -2.28. The van der Waals surface area contributed by atoms with Crippen molar-refractivity contribution in [3.63, 3.8) is 0 Å². The van der Waals surface area contributed by atoms with E-state index in [0.717, 1.165) is 24.5 Å². The molecule has 0 radical (unpaired) electrons. The number of carbonyl (C=O) groups excluding carboxylic acids is 1. The largest absolute Gasteiger partial charge is 0.465 e. The van der Waals surface area contributed by atoms with Crippen LogP contribution in [0.15, 0.2) is 18.2 Å². The van der Waals surface area contributed by atoms with E-state index < -0.39 is 0 Å². The zero-order valence-corrected chi connectivity index (χ0v) is 8.91. The molecule has 1 aromatic rings. The van der Waals surface area contributed by atoms with Crippen molar-refractivity contribution in [3.05, 3.63) is 23.8 Å². The molecule has 0 spiro atoms. The van der Waals surface area contributed by atoms with Gasteiger partial charge in [0.15, 0.2) is 0 Å². The van der Waals surface area contributed by atoms with Gasteiger partial charge in [-0.2, -0.15) is 0 Å². The zero-order chi connectivity index (χ0) is 10.8. The summed E-state index contributed by atoms with van der Waals surface area (Å²) in [5, 5.41) is 3.26. The summed E-state index contributed by atoms with van der Waals surface area (Å²) in [5.74, 6) is -0.298. The van der Waals surface area contributed by atoms with Crippen molar-refractivity contribution < 1.29 is 9.53 Å². The lowest BCUT2D eigenvalue weighted by Crippen LogP contribution is -2.30. The first-order valence-electron chi connectivity index (χ1n) is 4.90. The van der Waals surface area contributed by atoms with Gasteiger partial charge in [0.25, 0.3) is 0 Å². The molecular weight excluding hydrogens is 192 g/mol. The Morgan fingerprint density at radius 1 is 1.53 bits per heavy atom. The zero-order valence-electron chi connectivity index (χ0n) is 8.91. The van der Waals surface area contributed by atoms with Crippen LogP contribution in [0.3, 0.4) is 0 Å². The van der Waals surface area contributed by atoms with Gasteiger partial charge in [-0.15, -0.1) is 0 Å². The van der Waals surface area contributed by atoms with E-state index in [4.69, 9.17) is 0 Å². The van der Waals surface area contributed by atoms with Gasteiger partial charge in [0.05, 0.1) is 24.0 Å². The molecule has 4 heteroatoms. The number of fused-ring (bicyclic) bond motifs is 1. The van der Waals surface area contributed by atoms with E-state index in [9.17, 15) is 4.79 Å². The van der Waals surface area contributed by atoms with E-state index >= 15 is 0 Å². The van der Waals surface area contributed by atoms with Crippen LogP contribution >= 0.6 is 0 Å². The van der Waals surface area contributed by atoms with Crippen molar-refractivity contribution in [3.8, 4) is 0 Å². The Morgan fingerprint density at radius 3 is 3.07 bits per heavy atom. The first-order chi connectivity index (χ1) is 7.22. The van der Waals surface area contributed by atoms with Crippen LogP contribution in [0.5, 0.6) is 0 Å². The van der Waals surface area contributed by atoms with Crippen molar-refractivity contribution in [1.29, 1.82) is 0 Å². The number of hydrogen-bond acceptors (Lipinski definition) is 4. The molecule has 2 rings (SSSR count). The predicted octanol–water partition coefficient (Wildman–Crippen LogP) is 1.33. The minimum atomic E-state index is -0.298. The summed E-state index contributed by atoms with van der Waals surface area (Å²) in [6, 6.07) is 5.55. The smallest absolute Gasteiger partial charge is 0.337 e. The van der Waals surface area contributed by atoms with Crippen LogP contribution in [-0.4, -0.2) is 33.2 Å². The number of anilines is 2. The molecule has 0 amide bonds. The maximum atomic E-state index is 11.3. The maximum absolute atomic E-state index is 11.3. The van der Waals surface area contributed by atoms with Crippen LogP contribution < -0.4 is 10.2 Å². The summed E-state index contributed by atoms with van der Waals surface area (Å²) in [5.41, 5.74) is 2.69. The standard InChI is InChI=1S/C11H14N2O2/c1-13-6-5-12-9-7-8(11(14)15-2)3-4-10(9)13/h3-4,7,12H,5-6H2,1-2H3. The van der Waals surface area contributed by atoms with E-state index in [1.165, 1.54) is 7.11 Å². The van der Waals surface area contributed by atoms with E-state index in [2.05, 4.69) is 15.0 Å². The van der Waals surface area contributed by atoms with Gasteiger partial charge in [-0.3, -0.25) is 0 Å². The average Bonchev–Trinajstić information content (AvgIpc) is 2.28. The van der Waals surface area contributed by atoms with Crippen LogP contribution in [0.4, 0.5) is 11.4 Å². The molecule has 0 aromatic heterocycles. The molecule has 0 saturated carbocycles. The normalized spacial score (nSPS) is 14.1. The Kier molecular flexibility index (Phi) is 2.49. The molecule has 1 aromatic carbocycles. The lowest BCUT2D eigenvalue weighted by atomic mass is 10.1. The number of nitrogens with one attached hydrogen (secondary N) is 1. The van der Waals surface area contributed by atoms with E-state index in [0.29, 0.717) is 5.56 Å². The van der Waals surface area contributed by atoms with E-state index in [1.807, 2.05) is 19.2 Å². The van der Waals surface area contributed by atoms with Gasteiger partial charge >= 0.3 is 5.97 Å². The number of rotatable bonds is 1. The van der Waals surface area contributed by atoms with Crippen LogP contribution in [0.25, 0.3) is 0 Å². The first-order valence-corrected chi connectivity index (χ1v) is 4.90. The van der Waals surface area contributed by atoms with E-state index in [1.54, 1.807) is 6.07 Å². The van der Waals surface area contributed by atoms with Crippen molar-refractivity contribution in [2.75, 3.05) is 37.5 Å². The van der Waals surface area contributed by atoms with Crippen LogP contribution in [0.1, 0.15) is 10.4 Å². The predicted molar refractivity (Wildman–Crippen MR) is 59.5 cm³/mol. The highest BCUT2D eigenvalue weighted by Gasteiger charge is 2.15. The highest BCUT2D eigenvalue weighted by molar-refractivity contribution is 5.92. The third-order valence-electron chi connectivity index (χ3n) is 2.59. The molecule has 0 unspecified atom stereocenters. The van der Waals surface area contributed by atoms with Gasteiger partial charge in [-0.05, 0) is 18.2 Å². The van der Waals surface area contributed by atoms with Gasteiger partial charge in [-0.25, -0.2) is 4.79 Å². The maximum Gasteiger partial charge on any atom is 0.337 e. The monoisotopic (exact) mass is 206 g/mol. The molecule has 0 atom stereocenters. The molecule has 4 nitrogen and oxygen atoms in total. The Labute approximate surface area is 88.8 Å². The molecule has 0 aliphatic carbocycles. The summed E-state index contributed by atoms with van der Waals surface area (Å²) in [7, 11) is 3.43. The van der Waals surface area contributed by atoms with Gasteiger partial charge in [-0.1, -0.05) is 0 Å². The molecule has 0 saturated heterocycles. The summed E-state index contributed by atoms with van der Waals surface area (Å²) < 4.78 is 4.67. The third-order valence-corrected chi connectivity index (χ3v) is 2.59. The molecule has 1 heterocycles. The fourth-order valence-electron chi connectivity index (χ4n) is 1.73. The average molecular weight is 206 g/mol. The Balaban J connectivity index is 2.37. The first kappa shape index (κ1) is 9.83. The quantitative estimate of drug-likeness (QED) is 0.704. The molecule has 80 valence electrons. The molecule has 1 aliphatic heterocycles. The lowest BCUT2D eigenvalue weighted by molar-refractivity contribution is 0.0601. The number of nitrogens with zero attached hydrogens (tertiary/aromatic N) is 1. The fourth-order valence-corrected chi connectivity index (χ4v) is 1.73. The minimum absolute atomic E-state index is 0.298. The Bertz CT molecular complexity index is 390. The Morgan fingerprint density at radius 2 is 2.33 bits per heavy atom. The van der Waals surface area contributed by atoms with E-state index in [-0.39, 0.29) is 5.97 Å². The SMILES string of the molecule is COC(=O)c1ccc2c(c1)NCCN2C. The topological polar surface area (TPSA) is 41.6 Å². The molecule has 0 bridgehead atoms. The molecule has 1 N–H and O–H groups in total. The van der Waals surface area contributed by atoms with Gasteiger partial charge < -0.3 is 15.0 Å². The molecule has 0 fully saturated rings. The van der Waals surface area contributed by atoms with Crippen LogP contribution in [0, 0.1) is 0 Å². The second-order valence-corrected chi connectivity index (χ2v) is 3.57. The van der Waals surface area contributed by atoms with Crippen LogP contribution in [0.2, 0.25) is 0 Å². The van der Waals surface area contributed by atoms with Crippen LogP contribution in [-0.2, 0) is 4.74 Å². The number of methoxy groups -OCH3 is 1. The molecular formula is C11H14N2O2. The fraction of sp³-hybridized carbons (Fsp3) is 0.364. The number of ether oxygens (including phenoxy) is 1. The number of likely N-dealkylation sites (N-methyl/N-ethyl adjacent to an activating group) is 1. The van der Waals surface area contributed by atoms with Gasteiger partial charge in [0, 0.05) is 20.1 Å². The highest BCUT2D eigenvalue weighted by atomic mass is 16.5. The van der Waals surface area contributed by atoms with Crippen molar-refractivity contribution in [1.82, 2.24) is 0 Å².